The van der Waals surface area contributed by atoms with Gasteiger partial charge in [-0.2, -0.15) is 5.26 Å². The number of nitrogens with zero attached hydrogens (tertiary/aromatic N) is 1. The van der Waals surface area contributed by atoms with Crippen LogP contribution in [0.2, 0.25) is 10.0 Å². The van der Waals surface area contributed by atoms with Crippen molar-refractivity contribution < 1.29 is 19.0 Å². The second-order valence-corrected chi connectivity index (χ2v) is 9.27. The number of halogens is 2. The van der Waals surface area contributed by atoms with Gasteiger partial charge in [0.15, 0.2) is 0 Å². The van der Waals surface area contributed by atoms with Crippen LogP contribution in [0.4, 0.5) is 10.5 Å². The molecule has 0 unspecified atom stereocenters. The normalized spacial score (nSPS) is 10.7. The lowest BCUT2D eigenvalue weighted by Crippen LogP contribution is -2.28. The van der Waals surface area contributed by atoms with Gasteiger partial charge in [-0.3, -0.25) is 5.32 Å². The molecular weight excluding hydrogens is 489 g/mol. The summed E-state index contributed by atoms with van der Waals surface area (Å²) in [7, 11) is 0. The number of ether oxygens (including phenoxy) is 3. The van der Waals surface area contributed by atoms with Crippen LogP contribution in [0, 0.1) is 16.7 Å². The Labute approximate surface area is 213 Å². The zero-order valence-corrected chi connectivity index (χ0v) is 20.8. The minimum Gasteiger partial charge on any atom is -0.487 e. The van der Waals surface area contributed by atoms with Crippen LogP contribution in [-0.4, -0.2) is 24.0 Å². The maximum absolute atomic E-state index is 12.2. The molecule has 0 aliphatic heterocycles. The lowest BCUT2D eigenvalue weighted by Gasteiger charge is -2.20. The first-order valence-electron chi connectivity index (χ1n) is 10.5. The number of rotatable bonds is 7. The van der Waals surface area contributed by atoms with Crippen molar-refractivity contribution in [3.05, 3.63) is 81.8 Å². The molecular formula is C26H23Cl2N3O4. The summed E-state index contributed by atoms with van der Waals surface area (Å²) in [5.74, 6) is 1.06. The summed E-state index contributed by atoms with van der Waals surface area (Å²) in [6, 6.07) is 18.4. The van der Waals surface area contributed by atoms with Gasteiger partial charge in [0.05, 0.1) is 28.1 Å². The van der Waals surface area contributed by atoms with Gasteiger partial charge in [-0.05, 0) is 57.2 Å². The first-order valence-corrected chi connectivity index (χ1v) is 11.3. The standard InChI is InChI=1S/C26H23Cl2N3O4/c1-26(2,3)35-25(32)31-23-7-5-4-6-20(23)22(30)15-33-18-8-9-21(28)24(13-18)34-19-11-16(14-29)10-17(27)12-19/h4-13,30H,15H2,1-3H3,(H,31,32). The number of anilines is 1. The van der Waals surface area contributed by atoms with Crippen molar-refractivity contribution in [3.8, 4) is 23.3 Å². The van der Waals surface area contributed by atoms with Gasteiger partial charge < -0.3 is 19.6 Å². The maximum atomic E-state index is 12.2. The Bertz CT molecular complexity index is 1300. The van der Waals surface area contributed by atoms with Crippen LogP contribution in [0.15, 0.2) is 60.7 Å². The summed E-state index contributed by atoms with van der Waals surface area (Å²) in [4.78, 5) is 12.2. The molecule has 0 fully saturated rings. The highest BCUT2D eigenvalue weighted by molar-refractivity contribution is 6.32. The number of hydrogen-bond acceptors (Lipinski definition) is 6. The number of carbonyl (C=O) groups is 1. The van der Waals surface area contributed by atoms with Crippen molar-refractivity contribution in [2.75, 3.05) is 11.9 Å². The van der Waals surface area contributed by atoms with Crippen molar-refractivity contribution in [1.29, 1.82) is 10.7 Å². The fourth-order valence-electron chi connectivity index (χ4n) is 2.97. The van der Waals surface area contributed by atoms with Gasteiger partial charge in [-0.15, -0.1) is 0 Å². The number of nitrogens with one attached hydrogen (secondary N) is 2. The Balaban J connectivity index is 1.71. The molecule has 0 bridgehead atoms. The predicted octanol–water partition coefficient (Wildman–Crippen LogP) is 7.45. The molecule has 0 spiro atoms. The molecule has 0 aliphatic carbocycles. The first kappa shape index (κ1) is 25.9. The van der Waals surface area contributed by atoms with E-state index in [9.17, 15) is 4.79 Å². The molecule has 0 aliphatic rings. The van der Waals surface area contributed by atoms with Gasteiger partial charge >= 0.3 is 6.09 Å². The van der Waals surface area contributed by atoms with E-state index in [2.05, 4.69) is 5.32 Å². The van der Waals surface area contributed by atoms with Gasteiger partial charge in [0.25, 0.3) is 0 Å². The molecule has 2 N–H and O–H groups in total. The van der Waals surface area contributed by atoms with E-state index >= 15 is 0 Å². The molecule has 0 heterocycles. The maximum Gasteiger partial charge on any atom is 0.412 e. The van der Waals surface area contributed by atoms with Gasteiger partial charge in [-0.25, -0.2) is 4.79 Å². The van der Waals surface area contributed by atoms with Gasteiger partial charge in [0, 0.05) is 16.7 Å². The second kappa shape index (κ2) is 11.1. The van der Waals surface area contributed by atoms with Crippen LogP contribution in [0.3, 0.4) is 0 Å². The van der Waals surface area contributed by atoms with Crippen LogP contribution in [0.1, 0.15) is 31.9 Å². The minimum atomic E-state index is -0.648. The Morgan fingerprint density at radius 1 is 1.06 bits per heavy atom. The molecule has 0 radical (unpaired) electrons. The van der Waals surface area contributed by atoms with E-state index in [4.69, 9.17) is 48.1 Å². The topological polar surface area (TPSA) is 104 Å². The van der Waals surface area contributed by atoms with Gasteiger partial charge in [0.2, 0.25) is 0 Å². The Kier molecular flexibility index (Phi) is 8.23. The van der Waals surface area contributed by atoms with E-state index < -0.39 is 11.7 Å². The molecule has 9 heteroatoms. The molecule has 0 saturated carbocycles. The number of hydrogen-bond donors (Lipinski definition) is 2. The Morgan fingerprint density at radius 3 is 2.51 bits per heavy atom. The number of carbonyl (C=O) groups excluding carboxylic acids is 1. The summed E-state index contributed by atoms with van der Waals surface area (Å²) in [6.45, 7) is 5.23. The van der Waals surface area contributed by atoms with Crippen molar-refractivity contribution in [3.63, 3.8) is 0 Å². The van der Waals surface area contributed by atoms with Crippen molar-refractivity contribution in [2.45, 2.75) is 26.4 Å². The minimum absolute atomic E-state index is 0.0795. The number of amides is 1. The summed E-state index contributed by atoms with van der Waals surface area (Å²) in [6.07, 6.45) is -0.612. The van der Waals surface area contributed by atoms with Crippen molar-refractivity contribution in [2.24, 2.45) is 0 Å². The summed E-state index contributed by atoms with van der Waals surface area (Å²) >= 11 is 12.3. The monoisotopic (exact) mass is 511 g/mol. The quantitative estimate of drug-likeness (QED) is 0.320. The highest BCUT2D eigenvalue weighted by Crippen LogP contribution is 2.34. The Hall–Kier alpha value is -3.73. The first-order chi connectivity index (χ1) is 16.5. The fourth-order valence-corrected chi connectivity index (χ4v) is 3.35. The van der Waals surface area contributed by atoms with Crippen LogP contribution in [-0.2, 0) is 4.74 Å². The van der Waals surface area contributed by atoms with Crippen LogP contribution in [0.25, 0.3) is 0 Å². The van der Waals surface area contributed by atoms with Crippen LogP contribution >= 0.6 is 23.2 Å². The van der Waals surface area contributed by atoms with Gasteiger partial charge in [0.1, 0.15) is 29.5 Å². The smallest absolute Gasteiger partial charge is 0.412 e. The number of benzene rings is 3. The second-order valence-electron chi connectivity index (χ2n) is 8.42. The summed E-state index contributed by atoms with van der Waals surface area (Å²) < 4.78 is 16.9. The van der Waals surface area contributed by atoms with E-state index in [-0.39, 0.29) is 12.3 Å². The molecule has 0 atom stereocenters. The van der Waals surface area contributed by atoms with Crippen molar-refractivity contribution in [1.82, 2.24) is 0 Å². The summed E-state index contributed by atoms with van der Waals surface area (Å²) in [5, 5.41) is 21.0. The predicted molar refractivity (Wildman–Crippen MR) is 136 cm³/mol. The summed E-state index contributed by atoms with van der Waals surface area (Å²) in [5.41, 5.74) is 0.771. The highest BCUT2D eigenvalue weighted by atomic mass is 35.5. The molecule has 0 saturated heterocycles. The van der Waals surface area contributed by atoms with Crippen LogP contribution < -0.4 is 14.8 Å². The molecule has 35 heavy (non-hydrogen) atoms. The lowest BCUT2D eigenvalue weighted by atomic mass is 10.1. The molecule has 3 rings (SSSR count). The molecule has 7 nitrogen and oxygen atoms in total. The average molecular weight is 512 g/mol. The third kappa shape index (κ3) is 7.64. The highest BCUT2D eigenvalue weighted by Gasteiger charge is 2.18. The molecule has 180 valence electrons. The average Bonchev–Trinajstić information content (AvgIpc) is 2.78. The largest absolute Gasteiger partial charge is 0.487 e. The third-order valence-corrected chi connectivity index (χ3v) is 4.93. The lowest BCUT2D eigenvalue weighted by molar-refractivity contribution is 0.0636. The van der Waals surface area contributed by atoms with Crippen LogP contribution in [0.5, 0.6) is 17.2 Å². The molecule has 3 aromatic rings. The zero-order chi connectivity index (χ0) is 25.6. The van der Waals surface area contributed by atoms with E-state index in [1.807, 2.05) is 6.07 Å². The molecule has 0 aromatic heterocycles. The zero-order valence-electron chi connectivity index (χ0n) is 19.3. The van der Waals surface area contributed by atoms with Gasteiger partial charge in [-0.1, -0.05) is 41.4 Å². The van der Waals surface area contributed by atoms with E-state index in [0.717, 1.165) is 0 Å². The number of nitriles is 1. The van der Waals surface area contributed by atoms with Crippen molar-refractivity contribution >= 4 is 40.7 Å². The third-order valence-electron chi connectivity index (χ3n) is 4.40. The molecule has 3 aromatic carbocycles. The Morgan fingerprint density at radius 2 is 1.80 bits per heavy atom. The molecule has 1 amide bonds. The number of para-hydroxylation sites is 1. The SMILES string of the molecule is CC(C)(C)OC(=O)Nc1ccccc1C(=N)COc1ccc(Cl)c(Oc2cc(Cl)cc(C#N)c2)c1. The van der Waals surface area contributed by atoms with E-state index in [1.54, 1.807) is 75.4 Å². The fraction of sp³-hybridized carbons (Fsp3) is 0.192. The van der Waals surface area contributed by atoms with E-state index in [0.29, 0.717) is 44.1 Å². The van der Waals surface area contributed by atoms with E-state index in [1.165, 1.54) is 6.07 Å².